The van der Waals surface area contributed by atoms with Crippen LogP contribution in [-0.2, 0) is 11.2 Å². The highest BCUT2D eigenvalue weighted by Gasteiger charge is 2.19. The fourth-order valence-electron chi connectivity index (χ4n) is 1.77. The minimum absolute atomic E-state index is 0.00213. The molecule has 0 fully saturated rings. The third-order valence-electron chi connectivity index (χ3n) is 3.03. The summed E-state index contributed by atoms with van der Waals surface area (Å²) < 4.78 is 1.06. The quantitative estimate of drug-likeness (QED) is 0.848. The Morgan fingerprint density at radius 3 is 2.67 bits per heavy atom. The van der Waals surface area contributed by atoms with Gasteiger partial charge in [-0.15, -0.1) is 0 Å². The van der Waals surface area contributed by atoms with E-state index in [0.29, 0.717) is 6.54 Å². The predicted molar refractivity (Wildman–Crippen MR) is 78.3 cm³/mol. The summed E-state index contributed by atoms with van der Waals surface area (Å²) in [5.41, 5.74) is 6.68. The minimum atomic E-state index is -0.00213. The van der Waals surface area contributed by atoms with Crippen LogP contribution in [-0.4, -0.2) is 18.5 Å². The average Bonchev–Trinajstić information content (AvgIpc) is 2.37. The van der Waals surface area contributed by atoms with Crippen LogP contribution in [0.4, 0.5) is 0 Å². The van der Waals surface area contributed by atoms with Gasteiger partial charge in [0.25, 0.3) is 0 Å². The standard InChI is InChI=1S/C14H21BrN2O/c1-3-11(14(18)17-10(2)9-16)8-12-6-4-5-7-13(12)15/h4-7,10-11H,3,8-9,16H2,1-2H3,(H,17,18)/t10-,11?/m0/s1. The van der Waals surface area contributed by atoms with Gasteiger partial charge in [-0.05, 0) is 31.4 Å². The van der Waals surface area contributed by atoms with E-state index in [1.165, 1.54) is 5.56 Å². The largest absolute Gasteiger partial charge is 0.352 e. The molecule has 4 heteroatoms. The number of hydrogen-bond donors (Lipinski definition) is 2. The normalized spacial score (nSPS) is 14.0. The molecule has 1 aromatic carbocycles. The second-order valence-corrected chi connectivity index (χ2v) is 5.40. The van der Waals surface area contributed by atoms with Crippen molar-refractivity contribution in [3.8, 4) is 0 Å². The highest BCUT2D eigenvalue weighted by Crippen LogP contribution is 2.21. The minimum Gasteiger partial charge on any atom is -0.352 e. The van der Waals surface area contributed by atoms with Gasteiger partial charge in [0.15, 0.2) is 0 Å². The van der Waals surface area contributed by atoms with Crippen molar-refractivity contribution in [2.75, 3.05) is 6.54 Å². The summed E-state index contributed by atoms with van der Waals surface area (Å²) in [4.78, 5) is 12.1. The number of rotatable bonds is 6. The van der Waals surface area contributed by atoms with Crippen LogP contribution in [0.1, 0.15) is 25.8 Å². The van der Waals surface area contributed by atoms with Gasteiger partial charge < -0.3 is 11.1 Å². The summed E-state index contributed by atoms with van der Waals surface area (Å²) in [6, 6.07) is 8.05. The van der Waals surface area contributed by atoms with Gasteiger partial charge in [0, 0.05) is 23.0 Å². The zero-order chi connectivity index (χ0) is 13.5. The second-order valence-electron chi connectivity index (χ2n) is 4.55. The lowest BCUT2D eigenvalue weighted by Crippen LogP contribution is -2.41. The van der Waals surface area contributed by atoms with E-state index >= 15 is 0 Å². The Kier molecular flexibility index (Phi) is 6.36. The number of nitrogens with one attached hydrogen (secondary N) is 1. The van der Waals surface area contributed by atoms with Crippen LogP contribution in [0.15, 0.2) is 28.7 Å². The molecule has 1 rings (SSSR count). The van der Waals surface area contributed by atoms with Gasteiger partial charge in [0.1, 0.15) is 0 Å². The van der Waals surface area contributed by atoms with Crippen LogP contribution in [0, 0.1) is 5.92 Å². The lowest BCUT2D eigenvalue weighted by molar-refractivity contribution is -0.125. The van der Waals surface area contributed by atoms with Crippen molar-refractivity contribution < 1.29 is 4.79 Å². The Morgan fingerprint density at radius 1 is 1.44 bits per heavy atom. The smallest absolute Gasteiger partial charge is 0.223 e. The lowest BCUT2D eigenvalue weighted by Gasteiger charge is -2.18. The van der Waals surface area contributed by atoms with E-state index in [1.54, 1.807) is 0 Å². The van der Waals surface area contributed by atoms with Gasteiger partial charge in [-0.3, -0.25) is 4.79 Å². The van der Waals surface area contributed by atoms with Crippen LogP contribution in [0.25, 0.3) is 0 Å². The van der Waals surface area contributed by atoms with E-state index in [2.05, 4.69) is 21.2 Å². The molecule has 0 aliphatic rings. The van der Waals surface area contributed by atoms with Crippen LogP contribution in [0.3, 0.4) is 0 Å². The lowest BCUT2D eigenvalue weighted by atomic mass is 9.96. The third kappa shape index (κ3) is 4.42. The van der Waals surface area contributed by atoms with Crippen molar-refractivity contribution in [2.24, 2.45) is 11.7 Å². The van der Waals surface area contributed by atoms with Gasteiger partial charge in [0.2, 0.25) is 5.91 Å². The Balaban J connectivity index is 2.67. The molecule has 18 heavy (non-hydrogen) atoms. The Morgan fingerprint density at radius 2 is 2.11 bits per heavy atom. The molecule has 0 radical (unpaired) electrons. The van der Waals surface area contributed by atoms with Crippen LogP contribution >= 0.6 is 15.9 Å². The third-order valence-corrected chi connectivity index (χ3v) is 3.80. The molecule has 0 heterocycles. The number of halogens is 1. The van der Waals surface area contributed by atoms with Gasteiger partial charge in [-0.2, -0.15) is 0 Å². The van der Waals surface area contributed by atoms with Gasteiger partial charge >= 0.3 is 0 Å². The molecule has 3 nitrogen and oxygen atoms in total. The summed E-state index contributed by atoms with van der Waals surface area (Å²) in [5, 5.41) is 2.94. The predicted octanol–water partition coefficient (Wildman–Crippen LogP) is 2.48. The fraction of sp³-hybridized carbons (Fsp3) is 0.500. The maximum atomic E-state index is 12.1. The maximum Gasteiger partial charge on any atom is 0.223 e. The number of benzene rings is 1. The van der Waals surface area contributed by atoms with Crippen molar-refractivity contribution in [3.63, 3.8) is 0 Å². The Labute approximate surface area is 117 Å². The van der Waals surface area contributed by atoms with Crippen molar-refractivity contribution in [1.29, 1.82) is 0 Å². The highest BCUT2D eigenvalue weighted by molar-refractivity contribution is 9.10. The fourth-order valence-corrected chi connectivity index (χ4v) is 2.22. The zero-order valence-corrected chi connectivity index (χ0v) is 12.5. The molecule has 1 aromatic rings. The van der Waals surface area contributed by atoms with Gasteiger partial charge in [-0.25, -0.2) is 0 Å². The maximum absolute atomic E-state index is 12.1. The molecular weight excluding hydrogens is 292 g/mol. The molecular formula is C14H21BrN2O. The molecule has 0 aliphatic heterocycles. The molecule has 1 unspecified atom stereocenters. The number of hydrogen-bond acceptors (Lipinski definition) is 2. The molecule has 1 amide bonds. The van der Waals surface area contributed by atoms with E-state index in [0.717, 1.165) is 17.3 Å². The molecule has 3 N–H and O–H groups in total. The molecule has 0 aliphatic carbocycles. The SMILES string of the molecule is CCC(Cc1ccccc1Br)C(=O)N[C@@H](C)CN. The van der Waals surface area contributed by atoms with Crippen molar-refractivity contribution >= 4 is 21.8 Å². The number of amides is 1. The molecule has 100 valence electrons. The molecule has 0 aromatic heterocycles. The van der Waals surface area contributed by atoms with E-state index in [1.807, 2.05) is 38.1 Å². The summed E-state index contributed by atoms with van der Waals surface area (Å²) in [6.45, 7) is 4.43. The van der Waals surface area contributed by atoms with Crippen molar-refractivity contribution in [1.82, 2.24) is 5.32 Å². The first kappa shape index (κ1) is 15.2. The van der Waals surface area contributed by atoms with Crippen LogP contribution < -0.4 is 11.1 Å². The van der Waals surface area contributed by atoms with Crippen LogP contribution in [0.5, 0.6) is 0 Å². The molecule has 2 atom stereocenters. The number of carbonyl (C=O) groups is 1. The van der Waals surface area contributed by atoms with Crippen LogP contribution in [0.2, 0.25) is 0 Å². The Hall–Kier alpha value is -0.870. The highest BCUT2D eigenvalue weighted by atomic mass is 79.9. The molecule has 0 bridgehead atoms. The first-order valence-electron chi connectivity index (χ1n) is 6.32. The molecule has 0 spiro atoms. The average molecular weight is 313 g/mol. The van der Waals surface area contributed by atoms with Crippen molar-refractivity contribution in [3.05, 3.63) is 34.3 Å². The number of carbonyl (C=O) groups excluding carboxylic acids is 1. The van der Waals surface area contributed by atoms with Gasteiger partial charge in [-0.1, -0.05) is 41.1 Å². The monoisotopic (exact) mass is 312 g/mol. The van der Waals surface area contributed by atoms with E-state index in [4.69, 9.17) is 5.73 Å². The first-order chi connectivity index (χ1) is 8.58. The summed E-state index contributed by atoms with van der Waals surface area (Å²) in [5.74, 6) is 0.0869. The van der Waals surface area contributed by atoms with Crippen molar-refractivity contribution in [2.45, 2.75) is 32.7 Å². The summed E-state index contributed by atoms with van der Waals surface area (Å²) in [6.07, 6.45) is 1.57. The second kappa shape index (κ2) is 7.54. The first-order valence-corrected chi connectivity index (χ1v) is 7.11. The number of nitrogens with two attached hydrogens (primary N) is 1. The molecule has 0 saturated heterocycles. The topological polar surface area (TPSA) is 55.1 Å². The zero-order valence-electron chi connectivity index (χ0n) is 10.9. The summed E-state index contributed by atoms with van der Waals surface area (Å²) in [7, 11) is 0. The van der Waals surface area contributed by atoms with E-state index < -0.39 is 0 Å². The Bertz CT molecular complexity index is 395. The molecule has 0 saturated carbocycles. The van der Waals surface area contributed by atoms with Gasteiger partial charge in [0.05, 0.1) is 0 Å². The van der Waals surface area contributed by atoms with E-state index in [-0.39, 0.29) is 17.9 Å². The van der Waals surface area contributed by atoms with E-state index in [9.17, 15) is 4.79 Å². The summed E-state index contributed by atoms with van der Waals surface area (Å²) >= 11 is 3.52.